The van der Waals surface area contributed by atoms with Gasteiger partial charge in [-0.05, 0) is 38.1 Å². The number of carbonyl (C=O) groups excluding carboxylic acids is 2. The molecule has 8 heteroatoms. The van der Waals surface area contributed by atoms with E-state index in [9.17, 15) is 9.59 Å². The molecule has 0 spiro atoms. The number of rotatable bonds is 5. The van der Waals surface area contributed by atoms with Crippen LogP contribution in [0.5, 0.6) is 0 Å². The first-order valence-electron chi connectivity index (χ1n) is 7.07. The van der Waals surface area contributed by atoms with Crippen LogP contribution in [0.4, 0.5) is 0 Å². The second-order valence-corrected chi connectivity index (χ2v) is 4.81. The molecule has 2 rings (SSSR count). The SMILES string of the molecule is Cc1ccc(C(=O)N/N=C/C=N/NC(=O)c2ccc(C)nc2)cn1. The quantitative estimate of drug-likeness (QED) is 0.636. The monoisotopic (exact) mass is 324 g/mol. The maximum absolute atomic E-state index is 11.7. The van der Waals surface area contributed by atoms with Gasteiger partial charge in [0.05, 0.1) is 23.6 Å². The molecule has 0 radical (unpaired) electrons. The summed E-state index contributed by atoms with van der Waals surface area (Å²) in [5.74, 6) is -0.774. The maximum Gasteiger partial charge on any atom is 0.272 e. The standard InChI is InChI=1S/C16H16N6O2/c1-11-3-5-13(9-17-11)15(23)21-19-7-8-20-22-16(24)14-6-4-12(2)18-10-14/h3-10H,1-2H3,(H,21,23)(H,22,24)/b19-7+,20-8+. The number of carbonyl (C=O) groups is 2. The average molecular weight is 324 g/mol. The number of pyridine rings is 2. The van der Waals surface area contributed by atoms with E-state index in [1.165, 1.54) is 24.8 Å². The van der Waals surface area contributed by atoms with Crippen LogP contribution in [0.1, 0.15) is 32.1 Å². The fraction of sp³-hybridized carbons (Fsp3) is 0.125. The van der Waals surface area contributed by atoms with Gasteiger partial charge in [-0.2, -0.15) is 10.2 Å². The number of hydrogen-bond donors (Lipinski definition) is 2. The van der Waals surface area contributed by atoms with Gasteiger partial charge in [0.2, 0.25) is 0 Å². The molecule has 2 amide bonds. The lowest BCUT2D eigenvalue weighted by atomic mass is 10.2. The lowest BCUT2D eigenvalue weighted by Crippen LogP contribution is -2.19. The fourth-order valence-electron chi connectivity index (χ4n) is 1.59. The molecule has 0 aliphatic heterocycles. The second kappa shape index (κ2) is 8.28. The van der Waals surface area contributed by atoms with Crippen LogP contribution in [-0.4, -0.2) is 34.2 Å². The Hall–Kier alpha value is -3.42. The van der Waals surface area contributed by atoms with Gasteiger partial charge in [0, 0.05) is 23.8 Å². The Morgan fingerprint density at radius 2 is 1.25 bits per heavy atom. The van der Waals surface area contributed by atoms with Crippen molar-refractivity contribution in [3.05, 3.63) is 59.2 Å². The van der Waals surface area contributed by atoms with Gasteiger partial charge in [0.15, 0.2) is 0 Å². The van der Waals surface area contributed by atoms with Crippen molar-refractivity contribution in [1.29, 1.82) is 0 Å². The number of nitrogens with one attached hydrogen (secondary N) is 2. The van der Waals surface area contributed by atoms with Crippen molar-refractivity contribution in [2.75, 3.05) is 0 Å². The smallest absolute Gasteiger partial charge is 0.267 e. The van der Waals surface area contributed by atoms with Crippen molar-refractivity contribution in [1.82, 2.24) is 20.8 Å². The van der Waals surface area contributed by atoms with Crippen LogP contribution in [0, 0.1) is 13.8 Å². The zero-order valence-electron chi connectivity index (χ0n) is 13.2. The Balaban J connectivity index is 1.78. The molecule has 2 aromatic heterocycles. The van der Waals surface area contributed by atoms with E-state index in [2.05, 4.69) is 31.0 Å². The predicted molar refractivity (Wildman–Crippen MR) is 89.9 cm³/mol. The first-order chi connectivity index (χ1) is 11.6. The average Bonchev–Trinajstić information content (AvgIpc) is 2.58. The molecule has 24 heavy (non-hydrogen) atoms. The normalized spacial score (nSPS) is 10.9. The number of amides is 2. The Bertz CT molecular complexity index is 699. The van der Waals surface area contributed by atoms with Gasteiger partial charge in [0.25, 0.3) is 11.8 Å². The van der Waals surface area contributed by atoms with Crippen molar-refractivity contribution < 1.29 is 9.59 Å². The summed E-state index contributed by atoms with van der Waals surface area (Å²) in [5, 5.41) is 7.37. The van der Waals surface area contributed by atoms with Crippen molar-refractivity contribution in [3.63, 3.8) is 0 Å². The van der Waals surface area contributed by atoms with Crippen LogP contribution < -0.4 is 10.9 Å². The molecule has 0 atom stereocenters. The number of nitrogens with zero attached hydrogens (tertiary/aromatic N) is 4. The summed E-state index contributed by atoms with van der Waals surface area (Å²) in [6.45, 7) is 3.66. The first-order valence-corrected chi connectivity index (χ1v) is 7.07. The second-order valence-electron chi connectivity index (χ2n) is 4.81. The lowest BCUT2D eigenvalue weighted by molar-refractivity contribution is 0.0946. The summed E-state index contributed by atoms with van der Waals surface area (Å²) in [4.78, 5) is 31.5. The molecule has 0 unspecified atom stereocenters. The molecule has 2 aromatic rings. The number of aromatic nitrogens is 2. The fourth-order valence-corrected chi connectivity index (χ4v) is 1.59. The third-order valence-electron chi connectivity index (χ3n) is 2.90. The molecule has 2 N–H and O–H groups in total. The van der Waals surface area contributed by atoms with Gasteiger partial charge in [-0.25, -0.2) is 10.9 Å². The summed E-state index contributed by atoms with van der Waals surface area (Å²) < 4.78 is 0. The minimum atomic E-state index is -0.387. The Kier molecular flexibility index (Phi) is 5.84. The van der Waals surface area contributed by atoms with Crippen molar-refractivity contribution in [3.8, 4) is 0 Å². The lowest BCUT2D eigenvalue weighted by Gasteiger charge is -1.99. The molecule has 0 saturated carbocycles. The molecule has 0 bridgehead atoms. The molecule has 0 aliphatic carbocycles. The van der Waals surface area contributed by atoms with Gasteiger partial charge in [-0.15, -0.1) is 0 Å². The van der Waals surface area contributed by atoms with Gasteiger partial charge in [-0.3, -0.25) is 19.6 Å². The highest BCUT2D eigenvalue weighted by Crippen LogP contribution is 1.99. The Morgan fingerprint density at radius 1 is 0.833 bits per heavy atom. The summed E-state index contributed by atoms with van der Waals surface area (Å²) in [6.07, 6.45) is 5.41. The van der Waals surface area contributed by atoms with E-state index < -0.39 is 0 Å². The number of aryl methyl sites for hydroxylation is 2. The summed E-state index contributed by atoms with van der Waals surface area (Å²) in [5.41, 5.74) is 7.08. The maximum atomic E-state index is 11.7. The zero-order valence-corrected chi connectivity index (χ0v) is 13.2. The van der Waals surface area contributed by atoms with E-state index in [1.54, 1.807) is 24.3 Å². The van der Waals surface area contributed by atoms with Crippen LogP contribution in [-0.2, 0) is 0 Å². The van der Waals surface area contributed by atoms with Crippen LogP contribution >= 0.6 is 0 Å². The Morgan fingerprint density at radius 3 is 1.58 bits per heavy atom. The molecular formula is C16H16N6O2. The molecule has 0 saturated heterocycles. The first kappa shape index (κ1) is 16.9. The van der Waals surface area contributed by atoms with Crippen LogP contribution in [0.25, 0.3) is 0 Å². The minimum absolute atomic E-state index is 0.387. The molecular weight excluding hydrogens is 308 g/mol. The Labute approximate surface area is 138 Å². The zero-order chi connectivity index (χ0) is 17.4. The van der Waals surface area contributed by atoms with Crippen LogP contribution in [0.15, 0.2) is 46.9 Å². The minimum Gasteiger partial charge on any atom is -0.267 e. The van der Waals surface area contributed by atoms with Crippen molar-refractivity contribution in [2.45, 2.75) is 13.8 Å². The topological polar surface area (TPSA) is 109 Å². The van der Waals surface area contributed by atoms with E-state index in [0.29, 0.717) is 11.1 Å². The van der Waals surface area contributed by atoms with Gasteiger partial charge >= 0.3 is 0 Å². The summed E-state index contributed by atoms with van der Waals surface area (Å²) >= 11 is 0. The third-order valence-corrected chi connectivity index (χ3v) is 2.90. The largest absolute Gasteiger partial charge is 0.272 e. The van der Waals surface area contributed by atoms with Gasteiger partial charge in [0.1, 0.15) is 0 Å². The molecule has 0 fully saturated rings. The highest BCUT2D eigenvalue weighted by Gasteiger charge is 2.04. The van der Waals surface area contributed by atoms with E-state index in [-0.39, 0.29) is 11.8 Å². The highest BCUT2D eigenvalue weighted by molar-refractivity contribution is 6.16. The molecule has 8 nitrogen and oxygen atoms in total. The van der Waals surface area contributed by atoms with E-state index in [0.717, 1.165) is 11.4 Å². The molecule has 2 heterocycles. The number of hydrazone groups is 2. The molecule has 0 aromatic carbocycles. The van der Waals surface area contributed by atoms with Crippen molar-refractivity contribution in [2.24, 2.45) is 10.2 Å². The van der Waals surface area contributed by atoms with E-state index >= 15 is 0 Å². The predicted octanol–water partition coefficient (Wildman–Crippen LogP) is 1.22. The van der Waals surface area contributed by atoms with Crippen LogP contribution in [0.2, 0.25) is 0 Å². The van der Waals surface area contributed by atoms with Crippen molar-refractivity contribution >= 4 is 24.2 Å². The molecule has 0 aliphatic rings. The van der Waals surface area contributed by atoms with Gasteiger partial charge < -0.3 is 0 Å². The summed E-state index contributed by atoms with van der Waals surface area (Å²) in [6, 6.07) is 6.76. The van der Waals surface area contributed by atoms with E-state index in [1.807, 2.05) is 13.8 Å². The highest BCUT2D eigenvalue weighted by atomic mass is 16.2. The van der Waals surface area contributed by atoms with Gasteiger partial charge in [-0.1, -0.05) is 0 Å². The number of hydrogen-bond acceptors (Lipinski definition) is 6. The van der Waals surface area contributed by atoms with Crippen LogP contribution in [0.3, 0.4) is 0 Å². The third kappa shape index (κ3) is 5.09. The van der Waals surface area contributed by atoms with E-state index in [4.69, 9.17) is 0 Å². The molecule has 122 valence electrons. The summed E-state index contributed by atoms with van der Waals surface area (Å²) in [7, 11) is 0.